The van der Waals surface area contributed by atoms with Crippen LogP contribution in [0.1, 0.15) is 13.8 Å². The highest BCUT2D eigenvalue weighted by Gasteiger charge is 2.06. The molecule has 1 unspecified atom stereocenters. The molecule has 48 valence electrons. The van der Waals surface area contributed by atoms with E-state index in [4.69, 9.17) is 0 Å². The summed E-state index contributed by atoms with van der Waals surface area (Å²) >= 11 is 0. The fraction of sp³-hybridized carbons (Fsp3) is 0.800. The Labute approximate surface area is 48.8 Å². The van der Waals surface area contributed by atoms with Gasteiger partial charge in [0.15, 0.2) is 0 Å². The van der Waals surface area contributed by atoms with Gasteiger partial charge in [-0.25, -0.2) is 4.39 Å². The highest BCUT2D eigenvalue weighted by molar-refractivity contribution is 5.22. The zero-order chi connectivity index (χ0) is 6.57. The van der Waals surface area contributed by atoms with Gasteiger partial charge in [0.1, 0.15) is 6.17 Å². The summed E-state index contributed by atoms with van der Waals surface area (Å²) in [6.07, 6.45) is -0.875. The maximum Gasteiger partial charge on any atom is 0.119 e. The van der Waals surface area contributed by atoms with Crippen molar-refractivity contribution in [3.8, 4) is 0 Å². The van der Waals surface area contributed by atoms with Crippen LogP contribution in [-0.2, 0) is 0 Å². The van der Waals surface area contributed by atoms with Crippen LogP contribution in [0.3, 0.4) is 0 Å². The molecule has 2 nitrogen and oxygen atoms in total. The van der Waals surface area contributed by atoms with Crippen LogP contribution in [0, 0.1) is 0 Å². The number of rotatable bonds is 3. The molecular weight excluding hydrogens is 107 g/mol. The van der Waals surface area contributed by atoms with Crippen LogP contribution in [0.2, 0.25) is 0 Å². The molecule has 0 aliphatic carbocycles. The molecule has 3 heteroatoms. The predicted molar refractivity (Wildman–Crippen MR) is 32.7 cm³/mol. The molecule has 0 aromatic heterocycles. The Bertz CT molecular complexity index is 72.8. The van der Waals surface area contributed by atoms with Crippen molar-refractivity contribution in [1.29, 1.82) is 0 Å². The molecule has 0 aromatic rings. The van der Waals surface area contributed by atoms with E-state index in [-0.39, 0.29) is 6.04 Å². The van der Waals surface area contributed by atoms with Crippen LogP contribution < -0.4 is 5.43 Å². The molecule has 0 spiro atoms. The Morgan fingerprint density at radius 1 is 1.62 bits per heavy atom. The Morgan fingerprint density at radius 3 is 2.25 bits per heavy atom. The molecule has 0 radical (unpaired) electrons. The van der Waals surface area contributed by atoms with Crippen molar-refractivity contribution in [1.82, 2.24) is 5.43 Å². The third-order valence-corrected chi connectivity index (χ3v) is 0.984. The summed E-state index contributed by atoms with van der Waals surface area (Å²) in [6, 6.07) is -0.229. The largest absolute Gasteiger partial charge is 0.305 e. The van der Waals surface area contributed by atoms with Crippen LogP contribution in [0.5, 0.6) is 0 Å². The SMILES string of the molecule is C=NNC(C)[C@H](C)F. The highest BCUT2D eigenvalue weighted by Crippen LogP contribution is 1.94. The van der Waals surface area contributed by atoms with Gasteiger partial charge in [-0.05, 0) is 13.8 Å². The first-order valence-electron chi connectivity index (χ1n) is 2.53. The molecule has 0 rings (SSSR count). The van der Waals surface area contributed by atoms with Crippen LogP contribution in [0.25, 0.3) is 0 Å². The van der Waals surface area contributed by atoms with Crippen LogP contribution in [-0.4, -0.2) is 18.9 Å². The van der Waals surface area contributed by atoms with Gasteiger partial charge in [-0.1, -0.05) is 0 Å². The molecular formula is C5H11FN2. The second-order valence-corrected chi connectivity index (χ2v) is 1.75. The third-order valence-electron chi connectivity index (χ3n) is 0.984. The smallest absolute Gasteiger partial charge is 0.119 e. The topological polar surface area (TPSA) is 24.4 Å². The second-order valence-electron chi connectivity index (χ2n) is 1.75. The second kappa shape index (κ2) is 3.41. The molecule has 0 heterocycles. The molecule has 1 N–H and O–H groups in total. The predicted octanol–water partition coefficient (Wildman–Crippen LogP) is 0.938. The van der Waals surface area contributed by atoms with Crippen molar-refractivity contribution in [3.63, 3.8) is 0 Å². The van der Waals surface area contributed by atoms with Crippen LogP contribution in [0.15, 0.2) is 5.10 Å². The monoisotopic (exact) mass is 118 g/mol. The highest BCUT2D eigenvalue weighted by atomic mass is 19.1. The number of nitrogens with one attached hydrogen (secondary N) is 1. The molecule has 0 aliphatic rings. The van der Waals surface area contributed by atoms with E-state index in [1.807, 2.05) is 0 Å². The van der Waals surface area contributed by atoms with Gasteiger partial charge in [-0.2, -0.15) is 5.10 Å². The van der Waals surface area contributed by atoms with Crippen molar-refractivity contribution in [2.24, 2.45) is 5.10 Å². The summed E-state index contributed by atoms with van der Waals surface area (Å²) in [5, 5.41) is 3.32. The Morgan fingerprint density at radius 2 is 2.12 bits per heavy atom. The molecule has 0 fully saturated rings. The summed E-state index contributed by atoms with van der Waals surface area (Å²) in [6.45, 7) is 6.34. The number of nitrogens with zero attached hydrogens (tertiary/aromatic N) is 1. The quantitative estimate of drug-likeness (QED) is 0.433. The first-order chi connectivity index (χ1) is 3.68. The summed E-state index contributed by atoms with van der Waals surface area (Å²) in [7, 11) is 0. The number of halogens is 1. The Balaban J connectivity index is 3.30. The Hall–Kier alpha value is -0.600. The summed E-state index contributed by atoms with van der Waals surface area (Å²) in [4.78, 5) is 0. The van der Waals surface area contributed by atoms with Gasteiger partial charge < -0.3 is 5.43 Å². The van der Waals surface area contributed by atoms with Gasteiger partial charge in [0.25, 0.3) is 0 Å². The van der Waals surface area contributed by atoms with Crippen molar-refractivity contribution in [3.05, 3.63) is 0 Å². The average Bonchev–Trinajstić information content (AvgIpc) is 1.67. The molecule has 2 atom stereocenters. The summed E-state index contributed by atoms with van der Waals surface area (Å²) < 4.78 is 12.1. The molecule has 0 saturated heterocycles. The van der Waals surface area contributed by atoms with E-state index < -0.39 is 6.17 Å². The lowest BCUT2D eigenvalue weighted by atomic mass is 10.2. The summed E-state index contributed by atoms with van der Waals surface area (Å²) in [5.41, 5.74) is 2.48. The maximum atomic E-state index is 12.1. The Kier molecular flexibility index (Phi) is 3.15. The first kappa shape index (κ1) is 7.40. The van der Waals surface area contributed by atoms with Gasteiger partial charge in [0, 0.05) is 6.72 Å². The van der Waals surface area contributed by atoms with Gasteiger partial charge in [0.05, 0.1) is 6.04 Å². The molecule has 0 bridgehead atoms. The normalized spacial score (nSPS) is 16.9. The van der Waals surface area contributed by atoms with Crippen LogP contribution in [0.4, 0.5) is 4.39 Å². The van der Waals surface area contributed by atoms with Gasteiger partial charge in [-0.15, -0.1) is 0 Å². The van der Waals surface area contributed by atoms with Gasteiger partial charge in [0.2, 0.25) is 0 Å². The van der Waals surface area contributed by atoms with E-state index in [2.05, 4.69) is 17.2 Å². The number of hydrogen-bond acceptors (Lipinski definition) is 2. The standard InChI is InChI=1S/C5H11FN2/c1-4(6)5(2)8-7-3/h4-5,8H,3H2,1-2H3/t4-,5?/m0/s1. The van der Waals surface area contributed by atoms with E-state index in [1.165, 1.54) is 6.92 Å². The zero-order valence-corrected chi connectivity index (χ0v) is 5.19. The number of hydrogen-bond donors (Lipinski definition) is 1. The molecule has 8 heavy (non-hydrogen) atoms. The van der Waals surface area contributed by atoms with Crippen molar-refractivity contribution in [2.75, 3.05) is 0 Å². The lowest BCUT2D eigenvalue weighted by Gasteiger charge is -2.09. The minimum atomic E-state index is -0.875. The zero-order valence-electron chi connectivity index (χ0n) is 5.19. The molecule has 0 saturated carbocycles. The van der Waals surface area contributed by atoms with Crippen LogP contribution >= 0.6 is 0 Å². The average molecular weight is 118 g/mol. The van der Waals surface area contributed by atoms with E-state index in [0.717, 1.165) is 0 Å². The van der Waals surface area contributed by atoms with E-state index in [1.54, 1.807) is 6.92 Å². The number of alkyl halides is 1. The lowest BCUT2D eigenvalue weighted by Crippen LogP contribution is -2.28. The molecule has 0 aromatic carbocycles. The minimum absolute atomic E-state index is 0.229. The van der Waals surface area contributed by atoms with Gasteiger partial charge in [-0.3, -0.25) is 0 Å². The van der Waals surface area contributed by atoms with E-state index in [0.29, 0.717) is 0 Å². The third kappa shape index (κ3) is 2.55. The fourth-order valence-corrected chi connectivity index (χ4v) is 0.247. The summed E-state index contributed by atoms with van der Waals surface area (Å²) in [5.74, 6) is 0. The molecule has 0 amide bonds. The minimum Gasteiger partial charge on any atom is -0.305 e. The number of hydrazone groups is 1. The lowest BCUT2D eigenvalue weighted by molar-refractivity contribution is 0.285. The van der Waals surface area contributed by atoms with Crippen molar-refractivity contribution < 1.29 is 4.39 Å². The van der Waals surface area contributed by atoms with Crippen molar-refractivity contribution in [2.45, 2.75) is 26.1 Å². The van der Waals surface area contributed by atoms with E-state index in [9.17, 15) is 4.39 Å². The molecule has 0 aliphatic heterocycles. The van der Waals surface area contributed by atoms with Crippen molar-refractivity contribution >= 4 is 6.72 Å². The fourth-order valence-electron chi connectivity index (χ4n) is 0.247. The van der Waals surface area contributed by atoms with Gasteiger partial charge >= 0.3 is 0 Å². The maximum absolute atomic E-state index is 12.1. The first-order valence-corrected chi connectivity index (χ1v) is 2.53. The van der Waals surface area contributed by atoms with E-state index >= 15 is 0 Å².